The van der Waals surface area contributed by atoms with Crippen molar-refractivity contribution >= 4 is 22.6 Å². The van der Waals surface area contributed by atoms with Gasteiger partial charge in [-0.25, -0.2) is 14.4 Å². The number of nitrogens with zero attached hydrogens (tertiary/aromatic N) is 4. The van der Waals surface area contributed by atoms with Crippen LogP contribution in [0.4, 0.5) is 10.3 Å². The molecule has 4 aromatic heterocycles. The summed E-state index contributed by atoms with van der Waals surface area (Å²) in [6.07, 6.45) is 11.0. The zero-order valence-electron chi connectivity index (χ0n) is 14.1. The molecule has 4 heterocycles. The first-order chi connectivity index (χ1) is 12.7. The molecule has 0 bridgehead atoms. The van der Waals surface area contributed by atoms with Crippen molar-refractivity contribution in [1.29, 1.82) is 0 Å². The molecule has 2 N–H and O–H groups in total. The summed E-state index contributed by atoms with van der Waals surface area (Å²) in [7, 11) is 1.73. The smallest absolute Gasteiger partial charge is 0.224 e. The molecule has 5 rings (SSSR count). The predicted octanol–water partition coefficient (Wildman–Crippen LogP) is 3.00. The van der Waals surface area contributed by atoms with Gasteiger partial charge in [0.15, 0.2) is 11.5 Å². The maximum atomic E-state index is 14.2. The van der Waals surface area contributed by atoms with Crippen LogP contribution in [0.25, 0.3) is 27.8 Å². The van der Waals surface area contributed by atoms with Crippen molar-refractivity contribution in [2.24, 2.45) is 0 Å². The molecule has 7 nitrogen and oxygen atoms in total. The molecule has 1 saturated carbocycles. The molecule has 132 valence electrons. The SMILES string of the molecule is CO[C@H]1C[C@@H](Nc2ncc3c(-c4cc(F)c5nccn5c4)c[nH]c3n2)C1. The summed E-state index contributed by atoms with van der Waals surface area (Å²) in [6, 6.07) is 1.82. The zero-order chi connectivity index (χ0) is 17.7. The lowest BCUT2D eigenvalue weighted by Crippen LogP contribution is -2.40. The first-order valence-corrected chi connectivity index (χ1v) is 8.47. The molecule has 4 aromatic rings. The van der Waals surface area contributed by atoms with Crippen molar-refractivity contribution in [2.45, 2.75) is 25.0 Å². The van der Waals surface area contributed by atoms with E-state index in [0.29, 0.717) is 29.4 Å². The number of aromatic nitrogens is 5. The number of nitrogens with one attached hydrogen (secondary N) is 2. The Hall–Kier alpha value is -3.00. The van der Waals surface area contributed by atoms with Crippen LogP contribution in [0, 0.1) is 5.82 Å². The summed E-state index contributed by atoms with van der Waals surface area (Å²) in [4.78, 5) is 16.1. The van der Waals surface area contributed by atoms with E-state index in [0.717, 1.165) is 29.4 Å². The van der Waals surface area contributed by atoms with Gasteiger partial charge in [-0.2, -0.15) is 4.98 Å². The van der Waals surface area contributed by atoms with Gasteiger partial charge >= 0.3 is 0 Å². The molecule has 26 heavy (non-hydrogen) atoms. The molecular weight excluding hydrogens is 335 g/mol. The van der Waals surface area contributed by atoms with Gasteiger partial charge in [-0.15, -0.1) is 0 Å². The van der Waals surface area contributed by atoms with Crippen molar-refractivity contribution in [2.75, 3.05) is 12.4 Å². The third-order valence-electron chi connectivity index (χ3n) is 4.95. The number of ether oxygens (including phenoxy) is 1. The number of aromatic amines is 1. The Morgan fingerprint density at radius 3 is 3.08 bits per heavy atom. The van der Waals surface area contributed by atoms with Crippen LogP contribution in [0.5, 0.6) is 0 Å². The van der Waals surface area contributed by atoms with Gasteiger partial charge in [0.2, 0.25) is 5.95 Å². The van der Waals surface area contributed by atoms with Crippen LogP contribution in [-0.2, 0) is 4.74 Å². The van der Waals surface area contributed by atoms with E-state index in [9.17, 15) is 4.39 Å². The highest BCUT2D eigenvalue weighted by Crippen LogP contribution is 2.30. The fourth-order valence-electron chi connectivity index (χ4n) is 3.41. The van der Waals surface area contributed by atoms with Crippen LogP contribution in [0.1, 0.15) is 12.8 Å². The Morgan fingerprint density at radius 2 is 2.23 bits per heavy atom. The number of anilines is 1. The number of H-pyrrole nitrogens is 1. The van der Waals surface area contributed by atoms with E-state index in [2.05, 4.69) is 25.3 Å². The summed E-state index contributed by atoms with van der Waals surface area (Å²) in [5.74, 6) is 0.223. The summed E-state index contributed by atoms with van der Waals surface area (Å²) in [5.41, 5.74) is 2.62. The van der Waals surface area contributed by atoms with E-state index >= 15 is 0 Å². The average Bonchev–Trinajstić information content (AvgIpc) is 3.24. The number of pyridine rings is 1. The van der Waals surface area contributed by atoms with Crippen molar-refractivity contribution in [3.05, 3.63) is 42.9 Å². The Labute approximate surface area is 148 Å². The first-order valence-electron chi connectivity index (χ1n) is 8.47. The van der Waals surface area contributed by atoms with Crippen molar-refractivity contribution in [1.82, 2.24) is 24.3 Å². The zero-order valence-corrected chi connectivity index (χ0v) is 14.1. The van der Waals surface area contributed by atoms with E-state index in [-0.39, 0.29) is 5.82 Å². The minimum Gasteiger partial charge on any atom is -0.381 e. The maximum absolute atomic E-state index is 14.2. The van der Waals surface area contributed by atoms with E-state index in [1.807, 2.05) is 12.4 Å². The van der Waals surface area contributed by atoms with Gasteiger partial charge in [0.05, 0.1) is 6.10 Å². The van der Waals surface area contributed by atoms with Crippen LogP contribution >= 0.6 is 0 Å². The second-order valence-corrected chi connectivity index (χ2v) is 6.56. The fraction of sp³-hybridized carbons (Fsp3) is 0.278. The highest BCUT2D eigenvalue weighted by molar-refractivity contribution is 5.93. The van der Waals surface area contributed by atoms with E-state index in [4.69, 9.17) is 4.74 Å². The Balaban J connectivity index is 1.47. The van der Waals surface area contributed by atoms with E-state index < -0.39 is 0 Å². The molecule has 1 aliphatic rings. The normalized spacial score (nSPS) is 19.8. The highest BCUT2D eigenvalue weighted by Gasteiger charge is 2.29. The number of methoxy groups -OCH3 is 1. The molecule has 0 spiro atoms. The quantitative estimate of drug-likeness (QED) is 0.590. The maximum Gasteiger partial charge on any atom is 0.224 e. The standard InChI is InChI=1S/C18H17FN6O/c1-26-12-5-11(6-12)23-18-22-8-14-13(7-21-16(14)24-18)10-4-15(19)17-20-2-3-25(17)9-10/h2-4,7-9,11-12H,5-6H2,1H3,(H2,21,22,23,24)/t11-,12+. The number of rotatable bonds is 4. The Bertz CT molecular complexity index is 1100. The molecule has 0 saturated heterocycles. The van der Waals surface area contributed by atoms with Crippen molar-refractivity contribution < 1.29 is 9.13 Å². The van der Waals surface area contributed by atoms with Gasteiger partial charge in [0.25, 0.3) is 0 Å². The first kappa shape index (κ1) is 15.3. The molecule has 0 radical (unpaired) electrons. The van der Waals surface area contributed by atoms with Crippen LogP contribution in [0.3, 0.4) is 0 Å². The summed E-state index contributed by atoms with van der Waals surface area (Å²) < 4.78 is 21.2. The van der Waals surface area contributed by atoms with Crippen LogP contribution in [-0.4, -0.2) is 43.6 Å². The molecular formula is C18H17FN6O. The van der Waals surface area contributed by atoms with Gasteiger partial charge in [-0.3, -0.25) is 0 Å². The second kappa shape index (κ2) is 5.77. The highest BCUT2D eigenvalue weighted by atomic mass is 19.1. The molecule has 8 heteroatoms. The van der Waals surface area contributed by atoms with Crippen LogP contribution in [0.2, 0.25) is 0 Å². The molecule has 1 aliphatic carbocycles. The average molecular weight is 352 g/mol. The van der Waals surface area contributed by atoms with E-state index in [1.54, 1.807) is 30.1 Å². The van der Waals surface area contributed by atoms with Gasteiger partial charge in [0.1, 0.15) is 5.65 Å². The minimum atomic E-state index is -0.362. The Kier molecular flexibility index (Phi) is 3.39. The topological polar surface area (TPSA) is 80.1 Å². The van der Waals surface area contributed by atoms with Gasteiger partial charge in [-0.1, -0.05) is 0 Å². The number of imidazole rings is 1. The van der Waals surface area contributed by atoms with Crippen molar-refractivity contribution in [3.8, 4) is 11.1 Å². The van der Waals surface area contributed by atoms with Crippen LogP contribution < -0.4 is 5.32 Å². The summed E-state index contributed by atoms with van der Waals surface area (Å²) in [5, 5.41) is 4.16. The number of fused-ring (bicyclic) bond motifs is 2. The van der Waals surface area contributed by atoms with Crippen LogP contribution in [0.15, 0.2) is 37.1 Å². The molecule has 0 aliphatic heterocycles. The van der Waals surface area contributed by atoms with Gasteiger partial charge in [-0.05, 0) is 18.9 Å². The summed E-state index contributed by atoms with van der Waals surface area (Å²) in [6.45, 7) is 0. The number of hydrogen-bond acceptors (Lipinski definition) is 5. The third-order valence-corrected chi connectivity index (χ3v) is 4.95. The lowest BCUT2D eigenvalue weighted by Gasteiger charge is -2.34. The molecule has 0 atom stereocenters. The number of halogens is 1. The lowest BCUT2D eigenvalue weighted by molar-refractivity contribution is 0.0327. The molecule has 0 unspecified atom stereocenters. The van der Waals surface area contributed by atoms with Crippen molar-refractivity contribution in [3.63, 3.8) is 0 Å². The minimum absolute atomic E-state index is 0.311. The van der Waals surface area contributed by atoms with E-state index in [1.165, 1.54) is 6.07 Å². The molecule has 0 amide bonds. The number of hydrogen-bond donors (Lipinski definition) is 2. The lowest BCUT2D eigenvalue weighted by atomic mass is 9.89. The monoisotopic (exact) mass is 352 g/mol. The fourth-order valence-corrected chi connectivity index (χ4v) is 3.41. The third kappa shape index (κ3) is 2.41. The second-order valence-electron chi connectivity index (χ2n) is 6.56. The van der Waals surface area contributed by atoms with Gasteiger partial charge in [0, 0.05) is 60.6 Å². The predicted molar refractivity (Wildman–Crippen MR) is 95.5 cm³/mol. The largest absolute Gasteiger partial charge is 0.381 e. The summed E-state index contributed by atoms with van der Waals surface area (Å²) >= 11 is 0. The van der Waals surface area contributed by atoms with Gasteiger partial charge < -0.3 is 19.4 Å². The molecule has 0 aromatic carbocycles. The Morgan fingerprint density at radius 1 is 1.35 bits per heavy atom. The molecule has 1 fully saturated rings.